The third-order valence-electron chi connectivity index (χ3n) is 21.5. The number of pyridine rings is 1. The van der Waals surface area contributed by atoms with Gasteiger partial charge in [-0.3, -0.25) is 39.2 Å². The van der Waals surface area contributed by atoms with Crippen LogP contribution in [0.15, 0.2) is 18.3 Å². The first-order chi connectivity index (χ1) is 38.0. The molecule has 0 aromatic carbocycles. The van der Waals surface area contributed by atoms with Gasteiger partial charge in [-0.25, -0.2) is 13.8 Å². The highest BCUT2D eigenvalue weighted by Gasteiger charge is 2.48. The third kappa shape index (κ3) is 18.7. The average molecular weight is 1150 g/mol. The molecule has 1 aromatic rings. The first-order valence-corrected chi connectivity index (χ1v) is 33.8. The van der Waals surface area contributed by atoms with Crippen LogP contribution in [0.1, 0.15) is 189 Å². The van der Waals surface area contributed by atoms with E-state index in [0.717, 1.165) is 68.2 Å². The Morgan fingerprint density at radius 3 is 1.07 bits per heavy atom. The second-order valence-corrected chi connectivity index (χ2v) is 34.6. The van der Waals surface area contributed by atoms with Crippen molar-refractivity contribution in [3.8, 4) is 0 Å². The van der Waals surface area contributed by atoms with Crippen LogP contribution in [-0.4, -0.2) is 239 Å². The average Bonchev–Trinajstić information content (AvgIpc) is 4.21. The van der Waals surface area contributed by atoms with Gasteiger partial charge in [-0.2, -0.15) is 0 Å². The first kappa shape index (κ1) is 66.4. The Labute approximate surface area is 503 Å². The van der Waals surface area contributed by atoms with E-state index < -0.39 is 5.67 Å². The van der Waals surface area contributed by atoms with Crippen molar-refractivity contribution < 1.29 is 8.78 Å². The van der Waals surface area contributed by atoms with Gasteiger partial charge in [0.15, 0.2) is 11.6 Å². The molecule has 10 heterocycles. The van der Waals surface area contributed by atoms with Crippen molar-refractivity contribution in [3.63, 3.8) is 0 Å². The summed E-state index contributed by atoms with van der Waals surface area (Å²) in [6, 6.07) is 8.37. The van der Waals surface area contributed by atoms with E-state index in [9.17, 15) is 8.78 Å². The summed E-state index contributed by atoms with van der Waals surface area (Å²) >= 11 is 0. The summed E-state index contributed by atoms with van der Waals surface area (Å²) in [6.45, 7) is 67.1. The van der Waals surface area contributed by atoms with Crippen LogP contribution < -0.4 is 4.90 Å². The molecule has 9 saturated heterocycles. The molecule has 13 rings (SSSR count). The van der Waals surface area contributed by atoms with Gasteiger partial charge in [0, 0.05) is 164 Å². The van der Waals surface area contributed by atoms with Crippen LogP contribution in [0.25, 0.3) is 0 Å². The number of aromatic nitrogens is 1. The summed E-state index contributed by atoms with van der Waals surface area (Å²) in [5.41, 5.74) is 1.51. The van der Waals surface area contributed by atoms with E-state index in [-0.39, 0.29) is 11.4 Å². The maximum atomic E-state index is 13.4. The molecule has 0 bridgehead atoms. The molecule has 0 spiro atoms. The summed E-state index contributed by atoms with van der Waals surface area (Å²) < 4.78 is 26.6. The molecule has 0 N–H and O–H groups in total. The Bertz CT molecular complexity index is 2080. The number of piperazine rings is 1. The topological polar surface area (TPSA) is 45.3 Å². The van der Waals surface area contributed by atoms with Crippen molar-refractivity contribution in [1.29, 1.82) is 0 Å². The normalized spacial score (nSPS) is 27.1. The van der Waals surface area contributed by atoms with Gasteiger partial charge >= 0.3 is 0 Å². The molecule has 0 atom stereocenters. The number of piperidine rings is 1. The maximum Gasteiger partial charge on any atom is 0.165 e. The van der Waals surface area contributed by atoms with E-state index in [2.05, 4.69) is 174 Å². The lowest BCUT2D eigenvalue weighted by atomic mass is 9.75. The van der Waals surface area contributed by atoms with Crippen LogP contribution in [-0.2, 0) is 0 Å². The summed E-state index contributed by atoms with van der Waals surface area (Å²) in [6.07, 6.45) is 14.7. The van der Waals surface area contributed by atoms with Gasteiger partial charge in [0.05, 0.1) is 0 Å². The Morgan fingerprint density at radius 1 is 0.402 bits per heavy atom. The summed E-state index contributed by atoms with van der Waals surface area (Å²) in [5.74, 6) is 2.84. The number of anilines is 1. The fourth-order valence-corrected chi connectivity index (χ4v) is 13.6. The van der Waals surface area contributed by atoms with Gasteiger partial charge in [-0.1, -0.05) is 62.3 Å². The maximum absolute atomic E-state index is 13.4. The number of nitrogens with zero attached hydrogens (tertiary/aromatic N) is 11. The molecule has 12 aliphatic rings. The molecule has 1 aromatic heterocycles. The Morgan fingerprint density at radius 2 is 0.744 bits per heavy atom. The zero-order valence-corrected chi connectivity index (χ0v) is 56.6. The van der Waals surface area contributed by atoms with E-state index in [1.807, 2.05) is 4.90 Å². The van der Waals surface area contributed by atoms with Crippen LogP contribution in [0.2, 0.25) is 0 Å². The van der Waals surface area contributed by atoms with Gasteiger partial charge in [0.25, 0.3) is 0 Å². The van der Waals surface area contributed by atoms with Crippen molar-refractivity contribution in [1.82, 2.24) is 49.1 Å². The highest BCUT2D eigenvalue weighted by Crippen LogP contribution is 2.41. The summed E-state index contributed by atoms with van der Waals surface area (Å²) in [7, 11) is 0. The molecule has 13 heteroatoms. The van der Waals surface area contributed by atoms with E-state index in [0.29, 0.717) is 58.2 Å². The van der Waals surface area contributed by atoms with E-state index in [4.69, 9.17) is 0 Å². The molecule has 0 unspecified atom stereocenters. The zero-order valence-electron chi connectivity index (χ0n) is 56.6. The first-order valence-electron chi connectivity index (χ1n) is 33.8. The molecule has 11 nitrogen and oxygen atoms in total. The molecule has 0 amide bonds. The van der Waals surface area contributed by atoms with E-state index in [1.54, 1.807) is 19.2 Å². The molecule has 12 fully saturated rings. The molecule has 3 saturated carbocycles. The zero-order chi connectivity index (χ0) is 60.0. The molecule has 0 radical (unpaired) electrons. The van der Waals surface area contributed by atoms with E-state index in [1.165, 1.54) is 155 Å². The van der Waals surface area contributed by atoms with Crippen molar-refractivity contribution in [2.45, 2.75) is 248 Å². The van der Waals surface area contributed by atoms with Crippen LogP contribution in [0, 0.1) is 39.8 Å². The number of hydrogen-bond donors (Lipinski definition) is 0. The molecule has 82 heavy (non-hydrogen) atoms. The number of halogens is 2. The minimum absolute atomic E-state index is 0.218. The van der Waals surface area contributed by atoms with Gasteiger partial charge in [0.1, 0.15) is 5.67 Å². The highest BCUT2D eigenvalue weighted by atomic mass is 19.1. The molecular weight excluding hydrogens is 1020 g/mol. The number of rotatable bonds is 7. The quantitative estimate of drug-likeness (QED) is 0.262. The molecule has 3 aliphatic carbocycles. The fourth-order valence-electron chi connectivity index (χ4n) is 13.6. The van der Waals surface area contributed by atoms with Gasteiger partial charge in [-0.15, -0.1) is 0 Å². The van der Waals surface area contributed by atoms with Gasteiger partial charge in [-0.05, 0) is 199 Å². The largest absolute Gasteiger partial charge is 0.353 e. The smallest absolute Gasteiger partial charge is 0.165 e. The Balaban J connectivity index is 0.000000129. The number of alkyl halides is 1. The Hall–Kier alpha value is -1.55. The fraction of sp³-hybridized carbons (Fsp3) is 0.928. The summed E-state index contributed by atoms with van der Waals surface area (Å²) in [4.78, 5) is 29.4. The minimum atomic E-state index is -0.915. The summed E-state index contributed by atoms with van der Waals surface area (Å²) in [5, 5.41) is 0. The highest BCUT2D eigenvalue weighted by molar-refractivity contribution is 5.43. The monoisotopic (exact) mass is 1150 g/mol. The lowest BCUT2D eigenvalue weighted by Gasteiger charge is -2.56. The third-order valence-corrected chi connectivity index (χ3v) is 21.5. The molecular formula is C69H127F2N11. The van der Waals surface area contributed by atoms with Gasteiger partial charge in [0.2, 0.25) is 0 Å². The van der Waals surface area contributed by atoms with Crippen LogP contribution in [0.3, 0.4) is 0 Å². The predicted molar refractivity (Wildman–Crippen MR) is 342 cm³/mol. The van der Waals surface area contributed by atoms with Crippen molar-refractivity contribution in [3.05, 3.63) is 24.1 Å². The second-order valence-electron chi connectivity index (χ2n) is 34.6. The second kappa shape index (κ2) is 26.3. The van der Waals surface area contributed by atoms with Crippen LogP contribution in [0.5, 0.6) is 0 Å². The number of hydrogen-bond acceptors (Lipinski definition) is 11. The van der Waals surface area contributed by atoms with Crippen molar-refractivity contribution >= 4 is 5.82 Å². The minimum Gasteiger partial charge on any atom is -0.353 e. The lowest BCUT2D eigenvalue weighted by molar-refractivity contribution is -0.105. The molecule has 472 valence electrons. The van der Waals surface area contributed by atoms with Crippen LogP contribution in [0.4, 0.5) is 14.6 Å². The number of likely N-dealkylation sites (tertiary alicyclic amines) is 7. The SMILES string of the molecule is CC(C)(C)C1CCN(C2CC2)CC1.CC(C)(C)C1CN(C2CC2)C1.CC(C)(C)C1CN(c2ncccc2F)C1.CC(C)(C)N1CC(N2CCC2)C1.CC(C)(C)N1CC(N2CCN(C3CC3)CC2)C1.CC1(F)CN(C2CN(C(C)(C)C)C2)C1. The van der Waals surface area contributed by atoms with E-state index >= 15 is 0 Å². The van der Waals surface area contributed by atoms with Crippen molar-refractivity contribution in [2.75, 3.05) is 136 Å². The van der Waals surface area contributed by atoms with Crippen molar-refractivity contribution in [2.24, 2.45) is 34.0 Å². The van der Waals surface area contributed by atoms with Crippen LogP contribution >= 0.6 is 0 Å². The van der Waals surface area contributed by atoms with Gasteiger partial charge < -0.3 is 9.80 Å². The predicted octanol–water partition coefficient (Wildman–Crippen LogP) is 11.7. The standard InChI is InChI=1S/C14H27N3.C12H17FN2.C12H23N.C11H21FN2.C10H20N2.C10H19N/c1-14(2,3)17-10-13(11-17)16-8-6-15(7-9-16)12-4-5-12;1-12(2,3)9-7-15(8-9)11-10(13)5-4-6-14-11;1-12(2,3)10-6-8-13(9-7-10)11-4-5-11;1-10(2,3)14-5-9(6-14)13-7-11(4,12)8-13;1-10(2,3)12-7-9(8-12)11-5-4-6-11;1-10(2,3)8-6-11(7-8)9-4-5-9/h12-13H,4-11H2,1-3H3;4-6,9H,7-8H2,1-3H3;10-11H,4-9H2,1-3H3;9H,5-8H2,1-4H3;9H,4-8H2,1-3H3;8-9H,4-7H2,1-3H3. The molecule has 9 aliphatic heterocycles. The Kier molecular flexibility index (Phi) is 21.3. The lowest BCUT2D eigenvalue weighted by Crippen LogP contribution is -2.71.